The van der Waals surface area contributed by atoms with Crippen LogP contribution in [0.1, 0.15) is 29.6 Å². The molecule has 1 atom stereocenters. The predicted molar refractivity (Wildman–Crippen MR) is 81.4 cm³/mol. The minimum Gasteiger partial charge on any atom is -0.497 e. The summed E-state index contributed by atoms with van der Waals surface area (Å²) in [7, 11) is 2.90. The van der Waals surface area contributed by atoms with Crippen molar-refractivity contribution in [2.75, 3.05) is 20.8 Å². The third kappa shape index (κ3) is 3.37. The van der Waals surface area contributed by atoms with Gasteiger partial charge in [-0.1, -0.05) is 0 Å². The molecule has 0 N–H and O–H groups in total. The third-order valence-corrected chi connectivity index (χ3v) is 4.33. The molecule has 0 aromatic heterocycles. The van der Waals surface area contributed by atoms with Crippen LogP contribution in [0.3, 0.4) is 0 Å². The van der Waals surface area contributed by atoms with Crippen LogP contribution in [0, 0.1) is 0 Å². The number of piperidine rings is 1. The van der Waals surface area contributed by atoms with Gasteiger partial charge in [-0.3, -0.25) is 4.79 Å². The number of amides is 1. The van der Waals surface area contributed by atoms with Crippen LogP contribution < -0.4 is 4.74 Å². The first kappa shape index (κ1) is 15.8. The monoisotopic (exact) mass is 355 g/mol. The summed E-state index contributed by atoms with van der Waals surface area (Å²) in [5.41, 5.74) is 0.491. The van der Waals surface area contributed by atoms with Gasteiger partial charge in [-0.05, 0) is 53.4 Å². The predicted octanol–water partition coefficient (Wildman–Crippen LogP) is 2.63. The van der Waals surface area contributed by atoms with E-state index in [2.05, 4.69) is 15.9 Å². The van der Waals surface area contributed by atoms with Gasteiger partial charge < -0.3 is 14.4 Å². The number of rotatable bonds is 3. The second-order valence-corrected chi connectivity index (χ2v) is 5.73. The lowest BCUT2D eigenvalue weighted by Crippen LogP contribution is -2.48. The number of methoxy groups -OCH3 is 2. The van der Waals surface area contributed by atoms with Crippen LogP contribution in [0.4, 0.5) is 0 Å². The maximum absolute atomic E-state index is 12.8. The standard InChI is InChI=1S/C15H18BrNO4/c1-20-10-6-7-12(16)11(9-10)14(18)17-8-4-3-5-13(17)15(19)21-2/h6-7,9,13H,3-5,8H2,1-2H3. The Morgan fingerprint density at radius 2 is 2.05 bits per heavy atom. The van der Waals surface area contributed by atoms with Gasteiger partial charge in [-0.2, -0.15) is 0 Å². The lowest BCUT2D eigenvalue weighted by Gasteiger charge is -2.34. The molecule has 1 saturated heterocycles. The molecule has 0 radical (unpaired) electrons. The van der Waals surface area contributed by atoms with Crippen LogP contribution in [-0.2, 0) is 9.53 Å². The van der Waals surface area contributed by atoms with Gasteiger partial charge in [0, 0.05) is 11.0 Å². The first-order valence-corrected chi connectivity index (χ1v) is 7.60. The lowest BCUT2D eigenvalue weighted by atomic mass is 10.0. The Morgan fingerprint density at radius 1 is 1.29 bits per heavy atom. The van der Waals surface area contributed by atoms with Crippen LogP contribution >= 0.6 is 15.9 Å². The quantitative estimate of drug-likeness (QED) is 0.782. The van der Waals surface area contributed by atoms with Crippen molar-refractivity contribution in [3.8, 4) is 5.75 Å². The number of carbonyl (C=O) groups is 2. The number of likely N-dealkylation sites (tertiary alicyclic amines) is 1. The number of halogens is 1. The average Bonchev–Trinajstić information content (AvgIpc) is 2.54. The van der Waals surface area contributed by atoms with E-state index in [0.717, 1.165) is 12.8 Å². The number of hydrogen-bond donors (Lipinski definition) is 0. The van der Waals surface area contributed by atoms with Gasteiger partial charge in [0.1, 0.15) is 11.8 Å². The molecule has 1 unspecified atom stereocenters. The molecular weight excluding hydrogens is 338 g/mol. The molecule has 0 spiro atoms. The van der Waals surface area contributed by atoms with E-state index >= 15 is 0 Å². The van der Waals surface area contributed by atoms with Gasteiger partial charge >= 0.3 is 5.97 Å². The van der Waals surface area contributed by atoms with E-state index in [9.17, 15) is 9.59 Å². The smallest absolute Gasteiger partial charge is 0.328 e. The lowest BCUT2D eigenvalue weighted by molar-refractivity contribution is -0.147. The van der Waals surface area contributed by atoms with Gasteiger partial charge in [0.05, 0.1) is 19.8 Å². The highest BCUT2D eigenvalue weighted by Crippen LogP contribution is 2.27. The van der Waals surface area contributed by atoms with E-state index in [1.165, 1.54) is 7.11 Å². The molecule has 1 aromatic carbocycles. The highest BCUT2D eigenvalue weighted by molar-refractivity contribution is 9.10. The van der Waals surface area contributed by atoms with E-state index in [-0.39, 0.29) is 11.9 Å². The number of hydrogen-bond acceptors (Lipinski definition) is 4. The minimum absolute atomic E-state index is 0.184. The fourth-order valence-electron chi connectivity index (χ4n) is 2.51. The van der Waals surface area contributed by atoms with Crippen molar-refractivity contribution in [3.63, 3.8) is 0 Å². The molecule has 6 heteroatoms. The molecule has 1 fully saturated rings. The van der Waals surface area contributed by atoms with E-state index in [1.54, 1.807) is 30.2 Å². The van der Waals surface area contributed by atoms with Gasteiger partial charge in [0.15, 0.2) is 0 Å². The summed E-state index contributed by atoms with van der Waals surface area (Å²) in [6.07, 6.45) is 2.45. The van der Waals surface area contributed by atoms with Crippen molar-refractivity contribution in [1.82, 2.24) is 4.90 Å². The summed E-state index contributed by atoms with van der Waals surface area (Å²) in [5.74, 6) is 0.0612. The summed E-state index contributed by atoms with van der Waals surface area (Å²) >= 11 is 3.38. The van der Waals surface area contributed by atoms with Crippen molar-refractivity contribution >= 4 is 27.8 Å². The van der Waals surface area contributed by atoms with Crippen LogP contribution in [0.5, 0.6) is 5.75 Å². The molecule has 1 amide bonds. The van der Waals surface area contributed by atoms with E-state index < -0.39 is 6.04 Å². The van der Waals surface area contributed by atoms with Crippen LogP contribution in [0.15, 0.2) is 22.7 Å². The molecule has 1 heterocycles. The van der Waals surface area contributed by atoms with E-state index in [4.69, 9.17) is 9.47 Å². The summed E-state index contributed by atoms with van der Waals surface area (Å²) in [6, 6.07) is 4.71. The first-order valence-electron chi connectivity index (χ1n) is 6.80. The number of nitrogens with zero attached hydrogens (tertiary/aromatic N) is 1. The molecule has 0 aliphatic carbocycles. The van der Waals surface area contributed by atoms with Gasteiger partial charge in [-0.15, -0.1) is 0 Å². The fourth-order valence-corrected chi connectivity index (χ4v) is 2.92. The van der Waals surface area contributed by atoms with Crippen LogP contribution in [0.25, 0.3) is 0 Å². The van der Waals surface area contributed by atoms with Gasteiger partial charge in [0.25, 0.3) is 5.91 Å². The summed E-state index contributed by atoms with van der Waals surface area (Å²) < 4.78 is 10.7. The fraction of sp³-hybridized carbons (Fsp3) is 0.467. The zero-order valence-corrected chi connectivity index (χ0v) is 13.7. The Bertz CT molecular complexity index is 546. The molecule has 1 aliphatic rings. The van der Waals surface area contributed by atoms with Crippen molar-refractivity contribution in [2.45, 2.75) is 25.3 Å². The highest BCUT2D eigenvalue weighted by atomic mass is 79.9. The van der Waals surface area contributed by atoms with Crippen molar-refractivity contribution in [3.05, 3.63) is 28.2 Å². The number of ether oxygens (including phenoxy) is 2. The number of carbonyl (C=O) groups excluding carboxylic acids is 2. The molecule has 1 aliphatic heterocycles. The van der Waals surface area contributed by atoms with Crippen molar-refractivity contribution in [1.29, 1.82) is 0 Å². The molecule has 5 nitrogen and oxygen atoms in total. The molecule has 21 heavy (non-hydrogen) atoms. The minimum atomic E-state index is -0.505. The molecule has 114 valence electrons. The summed E-state index contributed by atoms with van der Waals surface area (Å²) in [5, 5.41) is 0. The SMILES string of the molecule is COC(=O)C1CCCCN1C(=O)c1cc(OC)ccc1Br. The van der Waals surface area contributed by atoms with E-state index in [1.807, 2.05) is 0 Å². The third-order valence-electron chi connectivity index (χ3n) is 3.64. The average molecular weight is 356 g/mol. The summed E-state index contributed by atoms with van der Waals surface area (Å²) in [4.78, 5) is 26.2. The van der Waals surface area contributed by atoms with Gasteiger partial charge in [0.2, 0.25) is 0 Å². The topological polar surface area (TPSA) is 55.8 Å². The second kappa shape index (κ2) is 6.93. The Labute approximate surface area is 132 Å². The molecule has 0 bridgehead atoms. The molecule has 0 saturated carbocycles. The number of benzene rings is 1. The van der Waals surface area contributed by atoms with Crippen molar-refractivity contribution in [2.24, 2.45) is 0 Å². The normalized spacial score (nSPS) is 18.2. The summed E-state index contributed by atoms with van der Waals surface area (Å²) in [6.45, 7) is 0.558. The Kier molecular flexibility index (Phi) is 5.22. The molecular formula is C15H18BrNO4. The zero-order chi connectivity index (χ0) is 15.4. The Morgan fingerprint density at radius 3 is 2.71 bits per heavy atom. The first-order chi connectivity index (χ1) is 10.1. The Hall–Kier alpha value is -1.56. The van der Waals surface area contributed by atoms with Crippen molar-refractivity contribution < 1.29 is 19.1 Å². The largest absolute Gasteiger partial charge is 0.497 e. The number of esters is 1. The van der Waals surface area contributed by atoms with E-state index in [0.29, 0.717) is 28.8 Å². The maximum Gasteiger partial charge on any atom is 0.328 e. The molecule has 2 rings (SSSR count). The highest BCUT2D eigenvalue weighted by Gasteiger charge is 2.34. The Balaban J connectivity index is 2.30. The van der Waals surface area contributed by atoms with Gasteiger partial charge in [-0.25, -0.2) is 4.79 Å². The second-order valence-electron chi connectivity index (χ2n) is 4.88. The molecule has 1 aromatic rings. The zero-order valence-electron chi connectivity index (χ0n) is 12.1. The van der Waals surface area contributed by atoms with Crippen LogP contribution in [0.2, 0.25) is 0 Å². The van der Waals surface area contributed by atoms with Crippen LogP contribution in [-0.4, -0.2) is 43.6 Å². The maximum atomic E-state index is 12.8.